The third kappa shape index (κ3) is 3.62. The van der Waals surface area contributed by atoms with Crippen molar-refractivity contribution in [3.8, 4) is 11.3 Å². The molecule has 4 heterocycles. The second-order valence-corrected chi connectivity index (χ2v) is 7.34. The summed E-state index contributed by atoms with van der Waals surface area (Å²) in [7, 11) is 0. The molecule has 10 heteroatoms. The molecule has 1 aliphatic rings. The molecule has 1 N–H and O–H groups in total. The topological polar surface area (TPSA) is 84.1 Å². The number of halogens is 3. The highest BCUT2D eigenvalue weighted by molar-refractivity contribution is 5.91. The molecule has 1 aliphatic heterocycles. The number of pyridine rings is 2. The fourth-order valence-corrected chi connectivity index (χ4v) is 3.54. The Morgan fingerprint density at radius 2 is 1.93 bits per heavy atom. The summed E-state index contributed by atoms with van der Waals surface area (Å²) in [6.07, 6.45) is -0.0714. The summed E-state index contributed by atoms with van der Waals surface area (Å²) >= 11 is 0. The molecule has 4 rings (SSSR count). The molecule has 1 unspecified atom stereocenters. The zero-order valence-electron chi connectivity index (χ0n) is 16.2. The van der Waals surface area contributed by atoms with Crippen molar-refractivity contribution in [2.45, 2.75) is 32.0 Å². The molecule has 0 spiro atoms. The summed E-state index contributed by atoms with van der Waals surface area (Å²) in [5.74, 6) is 0.529. The average molecular weight is 419 g/mol. The van der Waals surface area contributed by atoms with Gasteiger partial charge in [0, 0.05) is 24.8 Å². The van der Waals surface area contributed by atoms with E-state index in [2.05, 4.69) is 15.0 Å². The summed E-state index contributed by atoms with van der Waals surface area (Å²) in [6.45, 7) is 2.98. The van der Waals surface area contributed by atoms with E-state index in [1.807, 2.05) is 4.90 Å². The highest BCUT2D eigenvalue weighted by Crippen LogP contribution is 2.31. The first-order valence-electron chi connectivity index (χ1n) is 9.61. The monoisotopic (exact) mass is 419 g/mol. The molecule has 0 saturated carbocycles. The van der Waals surface area contributed by atoms with E-state index in [0.29, 0.717) is 28.0 Å². The van der Waals surface area contributed by atoms with Gasteiger partial charge in [-0.1, -0.05) is 0 Å². The normalized spacial score (nSPS) is 15.7. The molecule has 1 atom stereocenters. The van der Waals surface area contributed by atoms with Crippen LogP contribution >= 0.6 is 0 Å². The molecular weight excluding hydrogens is 399 g/mol. The minimum Gasteiger partial charge on any atom is -0.394 e. The smallest absolute Gasteiger partial charge is 0.394 e. The molecule has 30 heavy (non-hydrogen) atoms. The van der Waals surface area contributed by atoms with E-state index < -0.39 is 17.9 Å². The molecule has 3 aromatic heterocycles. The third-order valence-corrected chi connectivity index (χ3v) is 5.24. The Hall–Kier alpha value is -3.01. The van der Waals surface area contributed by atoms with Crippen LogP contribution in [-0.4, -0.2) is 44.3 Å². The minimum atomic E-state index is -4.53. The lowest BCUT2D eigenvalue weighted by Crippen LogP contribution is -2.27. The van der Waals surface area contributed by atoms with Gasteiger partial charge in [-0.25, -0.2) is 9.97 Å². The quantitative estimate of drug-likeness (QED) is 0.700. The number of alkyl halides is 3. The first-order chi connectivity index (χ1) is 14.3. The Labute approximate surface area is 169 Å². The fourth-order valence-electron chi connectivity index (χ4n) is 3.54. The maximum Gasteiger partial charge on any atom is 0.433 e. The van der Waals surface area contributed by atoms with E-state index >= 15 is 0 Å². The SMILES string of the molecule is CC(CO)n1cnc2c(N3CCCC3)nc(-c3ccc(C(F)(F)F)nc3)cc2c1=O. The van der Waals surface area contributed by atoms with E-state index in [0.717, 1.165) is 38.2 Å². The van der Waals surface area contributed by atoms with Gasteiger partial charge in [-0.05, 0) is 38.0 Å². The number of hydrogen-bond donors (Lipinski definition) is 1. The summed E-state index contributed by atoms with van der Waals surface area (Å²) in [4.78, 5) is 27.6. The van der Waals surface area contributed by atoms with Gasteiger partial charge in [0.2, 0.25) is 0 Å². The Kier molecular flexibility index (Phi) is 5.19. The average Bonchev–Trinajstić information content (AvgIpc) is 3.27. The van der Waals surface area contributed by atoms with Crippen LogP contribution in [0, 0.1) is 0 Å². The Balaban J connectivity index is 1.91. The van der Waals surface area contributed by atoms with Crippen molar-refractivity contribution in [1.29, 1.82) is 0 Å². The molecule has 158 valence electrons. The lowest BCUT2D eigenvalue weighted by molar-refractivity contribution is -0.141. The maximum atomic E-state index is 13.1. The number of nitrogens with zero attached hydrogens (tertiary/aromatic N) is 5. The number of hydrogen-bond acceptors (Lipinski definition) is 6. The Morgan fingerprint density at radius 3 is 2.53 bits per heavy atom. The predicted octanol–water partition coefficient (Wildman–Crippen LogP) is 3.03. The van der Waals surface area contributed by atoms with Crippen LogP contribution in [-0.2, 0) is 6.18 Å². The lowest BCUT2D eigenvalue weighted by Gasteiger charge is -2.20. The second-order valence-electron chi connectivity index (χ2n) is 7.34. The van der Waals surface area contributed by atoms with Crippen LogP contribution in [0.5, 0.6) is 0 Å². The van der Waals surface area contributed by atoms with Gasteiger partial charge in [0.15, 0.2) is 5.82 Å². The number of aliphatic hydroxyl groups excluding tert-OH is 1. The minimum absolute atomic E-state index is 0.229. The maximum absolute atomic E-state index is 13.1. The van der Waals surface area contributed by atoms with Crippen LogP contribution in [0.4, 0.5) is 19.0 Å². The second kappa shape index (κ2) is 7.67. The van der Waals surface area contributed by atoms with E-state index in [1.54, 1.807) is 6.92 Å². The number of aromatic nitrogens is 4. The summed E-state index contributed by atoms with van der Waals surface area (Å²) in [5, 5.41) is 9.72. The van der Waals surface area contributed by atoms with Crippen molar-refractivity contribution >= 4 is 16.7 Å². The molecule has 3 aromatic rings. The molecule has 1 saturated heterocycles. The fraction of sp³-hybridized carbons (Fsp3) is 0.400. The van der Waals surface area contributed by atoms with Crippen molar-refractivity contribution in [2.75, 3.05) is 24.6 Å². The largest absolute Gasteiger partial charge is 0.433 e. The molecular formula is C20H20F3N5O2. The standard InChI is InChI=1S/C20H20F3N5O2/c1-12(10-29)28-11-25-17-14(19(28)30)8-15(26-18(17)27-6-2-3-7-27)13-4-5-16(24-9-13)20(21,22)23/h4-5,8-9,11-12,29H,2-3,6-7,10H2,1H3. The van der Waals surface area contributed by atoms with Crippen LogP contribution in [0.1, 0.15) is 31.5 Å². The van der Waals surface area contributed by atoms with Crippen LogP contribution in [0.25, 0.3) is 22.2 Å². The van der Waals surface area contributed by atoms with Gasteiger partial charge in [-0.15, -0.1) is 0 Å². The molecule has 0 aliphatic carbocycles. The number of rotatable bonds is 4. The van der Waals surface area contributed by atoms with Crippen LogP contribution in [0.3, 0.4) is 0 Å². The highest BCUT2D eigenvalue weighted by Gasteiger charge is 2.32. The summed E-state index contributed by atoms with van der Waals surface area (Å²) in [5.41, 5.74) is -0.181. The summed E-state index contributed by atoms with van der Waals surface area (Å²) in [6, 6.07) is 3.25. The molecule has 0 amide bonds. The van der Waals surface area contributed by atoms with E-state index in [-0.39, 0.29) is 12.2 Å². The first kappa shape index (κ1) is 20.3. The van der Waals surface area contributed by atoms with Crippen molar-refractivity contribution in [2.24, 2.45) is 0 Å². The van der Waals surface area contributed by atoms with Gasteiger partial charge in [0.1, 0.15) is 11.2 Å². The Bertz CT molecular complexity index is 1120. The third-order valence-electron chi connectivity index (χ3n) is 5.24. The number of aliphatic hydroxyl groups is 1. The van der Waals surface area contributed by atoms with E-state index in [9.17, 15) is 23.1 Å². The molecule has 1 fully saturated rings. The zero-order valence-corrected chi connectivity index (χ0v) is 16.2. The van der Waals surface area contributed by atoms with E-state index in [1.165, 1.54) is 23.0 Å². The van der Waals surface area contributed by atoms with Crippen LogP contribution in [0.2, 0.25) is 0 Å². The predicted molar refractivity (Wildman–Crippen MR) is 105 cm³/mol. The van der Waals surface area contributed by atoms with Crippen molar-refractivity contribution in [3.63, 3.8) is 0 Å². The van der Waals surface area contributed by atoms with Gasteiger partial charge in [-0.2, -0.15) is 13.2 Å². The van der Waals surface area contributed by atoms with Crippen LogP contribution < -0.4 is 10.5 Å². The van der Waals surface area contributed by atoms with E-state index in [4.69, 9.17) is 0 Å². The zero-order chi connectivity index (χ0) is 21.5. The van der Waals surface area contributed by atoms with Gasteiger partial charge >= 0.3 is 6.18 Å². The highest BCUT2D eigenvalue weighted by atomic mass is 19.4. The van der Waals surface area contributed by atoms with Crippen molar-refractivity contribution in [3.05, 3.63) is 46.8 Å². The molecule has 0 aromatic carbocycles. The van der Waals surface area contributed by atoms with Crippen LogP contribution in [0.15, 0.2) is 35.5 Å². The molecule has 0 bridgehead atoms. The van der Waals surface area contributed by atoms with Gasteiger partial charge in [0.05, 0.1) is 30.1 Å². The first-order valence-corrected chi connectivity index (χ1v) is 9.61. The molecule has 0 radical (unpaired) electrons. The van der Waals surface area contributed by atoms with Crippen molar-refractivity contribution in [1.82, 2.24) is 19.5 Å². The number of fused-ring (bicyclic) bond motifs is 1. The Morgan fingerprint density at radius 1 is 1.20 bits per heavy atom. The number of anilines is 1. The van der Waals surface area contributed by atoms with Gasteiger partial charge < -0.3 is 10.0 Å². The molecule has 7 nitrogen and oxygen atoms in total. The van der Waals surface area contributed by atoms with Gasteiger partial charge in [0.25, 0.3) is 5.56 Å². The summed E-state index contributed by atoms with van der Waals surface area (Å²) < 4.78 is 39.9. The lowest BCUT2D eigenvalue weighted by atomic mass is 10.1. The van der Waals surface area contributed by atoms with Crippen molar-refractivity contribution < 1.29 is 18.3 Å². The van der Waals surface area contributed by atoms with Gasteiger partial charge in [-0.3, -0.25) is 14.3 Å².